The summed E-state index contributed by atoms with van der Waals surface area (Å²) in [7, 11) is -1.56. The van der Waals surface area contributed by atoms with E-state index in [2.05, 4.69) is 112 Å². The molecule has 0 fully saturated rings. The molecule has 0 saturated heterocycles. The molecule has 0 bridgehead atoms. The van der Waals surface area contributed by atoms with Crippen LogP contribution in [0.25, 0.3) is 21.5 Å². The van der Waals surface area contributed by atoms with Crippen molar-refractivity contribution in [1.82, 2.24) is 0 Å². The Bertz CT molecular complexity index is 1830. The maximum absolute atomic E-state index is 12.5. The first-order valence-corrected chi connectivity index (χ1v) is 19.0. The van der Waals surface area contributed by atoms with Crippen molar-refractivity contribution in [1.29, 1.82) is 0 Å². The van der Waals surface area contributed by atoms with Gasteiger partial charge in [0, 0.05) is 57.4 Å². The SMILES string of the molecule is CC.CC.CCC.CCC.CCNc1cccc2cc(S(=O)(=O)OC)c(N=Nc3[c-]cc(N=NC)c(C)c3)c(O)c12.[Y].c1ccc2ccccc2c1. The maximum Gasteiger partial charge on any atom is 0.299 e. The van der Waals surface area contributed by atoms with Crippen molar-refractivity contribution in [2.24, 2.45) is 20.5 Å². The first kappa shape index (κ1) is 50.5. The number of anilines is 1. The molecule has 0 aromatic heterocycles. The van der Waals surface area contributed by atoms with Crippen LogP contribution in [0, 0.1) is 13.0 Å². The summed E-state index contributed by atoms with van der Waals surface area (Å²) >= 11 is 0. The molecule has 11 heteroatoms. The number of azo groups is 2. The number of phenols is 1. The van der Waals surface area contributed by atoms with Gasteiger partial charge in [-0.1, -0.05) is 136 Å². The predicted octanol–water partition coefficient (Wildman–Crippen LogP) is 13.3. The van der Waals surface area contributed by atoms with Crippen LogP contribution in [0.3, 0.4) is 0 Å². The van der Waals surface area contributed by atoms with Crippen molar-refractivity contribution in [3.05, 3.63) is 96.6 Å². The molecule has 0 aliphatic rings. The molecule has 0 aliphatic carbocycles. The molecule has 281 valence electrons. The van der Waals surface area contributed by atoms with E-state index in [1.807, 2.05) is 41.5 Å². The third kappa shape index (κ3) is 16.0. The van der Waals surface area contributed by atoms with Crippen molar-refractivity contribution in [3.8, 4) is 5.75 Å². The Hall–Kier alpha value is -3.57. The van der Waals surface area contributed by atoms with Crippen LogP contribution in [0.15, 0.2) is 110 Å². The van der Waals surface area contributed by atoms with Gasteiger partial charge in [-0.25, -0.2) is 10.2 Å². The van der Waals surface area contributed by atoms with Crippen LogP contribution in [0.5, 0.6) is 5.75 Å². The van der Waals surface area contributed by atoms with Crippen LogP contribution in [0.4, 0.5) is 22.7 Å². The van der Waals surface area contributed by atoms with Gasteiger partial charge in [-0.15, -0.1) is 22.8 Å². The van der Waals surface area contributed by atoms with Gasteiger partial charge in [-0.05, 0) is 46.6 Å². The van der Waals surface area contributed by atoms with Gasteiger partial charge in [0.1, 0.15) is 10.6 Å². The molecule has 0 spiro atoms. The summed E-state index contributed by atoms with van der Waals surface area (Å²) in [6.45, 7) is 20.9. The summed E-state index contributed by atoms with van der Waals surface area (Å²) in [5.74, 6) is -0.318. The number of hydrogen-bond acceptors (Lipinski definition) is 9. The molecule has 0 atom stereocenters. The second-order valence-electron chi connectivity index (χ2n) is 10.3. The molecule has 9 nitrogen and oxygen atoms in total. The molecule has 0 aliphatic heterocycles. The second kappa shape index (κ2) is 29.0. The number of aromatic hydroxyl groups is 1. The average Bonchev–Trinajstić information content (AvgIpc) is 3.15. The Morgan fingerprint density at radius 2 is 1.27 bits per heavy atom. The number of nitrogens with one attached hydrogen (secondary N) is 1. The average molecular weight is 806 g/mol. The Kier molecular flexibility index (Phi) is 28.1. The van der Waals surface area contributed by atoms with Gasteiger partial charge >= 0.3 is 0 Å². The maximum atomic E-state index is 12.5. The molecule has 0 heterocycles. The molecule has 0 amide bonds. The van der Waals surface area contributed by atoms with Crippen molar-refractivity contribution < 1.29 is 50.4 Å². The summed E-state index contributed by atoms with van der Waals surface area (Å²) in [6, 6.07) is 29.6. The monoisotopic (exact) mass is 805 g/mol. The normalized spacial score (nSPS) is 10.2. The Morgan fingerprint density at radius 3 is 1.71 bits per heavy atom. The van der Waals surface area contributed by atoms with Crippen LogP contribution in [0.2, 0.25) is 0 Å². The topological polar surface area (TPSA) is 125 Å². The fourth-order valence-electron chi connectivity index (χ4n) is 4.20. The van der Waals surface area contributed by atoms with Gasteiger partial charge in [0.15, 0.2) is 5.75 Å². The van der Waals surface area contributed by atoms with Gasteiger partial charge in [0.05, 0.1) is 7.11 Å². The number of nitrogens with zero attached hydrogens (tertiary/aromatic N) is 4. The summed E-state index contributed by atoms with van der Waals surface area (Å²) in [6.07, 6.45) is 2.50. The van der Waals surface area contributed by atoms with E-state index in [9.17, 15) is 13.5 Å². The first-order chi connectivity index (χ1) is 24.6. The van der Waals surface area contributed by atoms with Crippen LogP contribution in [-0.2, 0) is 47.0 Å². The number of benzene rings is 5. The number of fused-ring (bicyclic) bond motifs is 2. The number of rotatable bonds is 7. The second-order valence-corrected chi connectivity index (χ2v) is 12.0. The molecule has 0 saturated carbocycles. The number of aryl methyl sites for hydroxylation is 1. The van der Waals surface area contributed by atoms with Crippen molar-refractivity contribution >= 4 is 54.4 Å². The molecule has 5 aromatic carbocycles. The van der Waals surface area contributed by atoms with Gasteiger partial charge in [-0.2, -0.15) is 19.6 Å². The van der Waals surface area contributed by atoms with Gasteiger partial charge < -0.3 is 10.4 Å². The Morgan fingerprint density at radius 1 is 0.769 bits per heavy atom. The molecule has 0 unspecified atom stereocenters. The van der Waals surface area contributed by atoms with Gasteiger partial charge in [-0.3, -0.25) is 4.18 Å². The van der Waals surface area contributed by atoms with Crippen LogP contribution in [0.1, 0.15) is 80.7 Å². The van der Waals surface area contributed by atoms with E-state index in [0.717, 1.165) is 12.7 Å². The van der Waals surface area contributed by atoms with E-state index in [0.29, 0.717) is 34.4 Å². The predicted molar refractivity (Wildman–Crippen MR) is 217 cm³/mol. The van der Waals surface area contributed by atoms with Crippen LogP contribution in [-0.4, -0.2) is 34.2 Å². The smallest absolute Gasteiger partial charge is 0.299 e. The van der Waals surface area contributed by atoms with E-state index >= 15 is 0 Å². The number of phenolic OH excluding ortho intramolecular Hbond substituents is 1. The zero-order valence-corrected chi connectivity index (χ0v) is 36.8. The van der Waals surface area contributed by atoms with Crippen molar-refractivity contribution in [2.45, 2.75) is 87.0 Å². The van der Waals surface area contributed by atoms with E-state index < -0.39 is 10.1 Å². The standard InChI is InChI=1S/C21H22N5O4S.C10H8.2C3H8.2C2H6.Y/c1-5-23-17-8-6-7-14-12-18(31(28,29)30-4)20(21(27)19(14)17)26-24-15-9-10-16(25-22-3)13(2)11-15;1-2-6-10-8-4-3-7-9(10)5-1;2*1-3-2;2*1-2;/h6-8,10-12,23,27H,5H2,1-4H3;1-8H;2*3H2,1-2H3;2*1-2H3;/q-1;;;;;;. The molecular formula is C41H58N5O4SY-. The van der Waals surface area contributed by atoms with E-state index in [1.54, 1.807) is 37.4 Å². The van der Waals surface area contributed by atoms with Crippen LogP contribution < -0.4 is 5.32 Å². The minimum absolute atomic E-state index is 0. The van der Waals surface area contributed by atoms with Crippen LogP contribution >= 0.6 is 0 Å². The molecule has 1 radical (unpaired) electrons. The molecule has 2 N–H and O–H groups in total. The fourth-order valence-corrected chi connectivity index (χ4v) is 5.03. The summed E-state index contributed by atoms with van der Waals surface area (Å²) in [5.41, 5.74) is 2.19. The van der Waals surface area contributed by atoms with Crippen molar-refractivity contribution in [3.63, 3.8) is 0 Å². The third-order valence-electron chi connectivity index (χ3n) is 6.17. The van der Waals surface area contributed by atoms with Gasteiger partial charge in [0.25, 0.3) is 10.1 Å². The van der Waals surface area contributed by atoms with E-state index in [1.165, 1.54) is 29.7 Å². The first-order valence-electron chi connectivity index (χ1n) is 17.6. The summed E-state index contributed by atoms with van der Waals surface area (Å²) < 4.78 is 29.7. The fraction of sp³-hybridized carbons (Fsp3) is 0.366. The minimum atomic E-state index is -4.17. The summed E-state index contributed by atoms with van der Waals surface area (Å²) in [5, 5.41) is 33.6. The largest absolute Gasteiger partial charge is 0.505 e. The number of hydrogen-bond donors (Lipinski definition) is 2. The van der Waals surface area contributed by atoms with E-state index in [4.69, 9.17) is 0 Å². The van der Waals surface area contributed by atoms with Gasteiger partial charge in [0.2, 0.25) is 0 Å². The molecular weight excluding hydrogens is 747 g/mol. The zero-order valence-electron chi connectivity index (χ0n) is 33.2. The molecule has 52 heavy (non-hydrogen) atoms. The third-order valence-corrected chi connectivity index (χ3v) is 7.46. The zero-order chi connectivity index (χ0) is 38.8. The summed E-state index contributed by atoms with van der Waals surface area (Å²) in [4.78, 5) is -0.287. The minimum Gasteiger partial charge on any atom is -0.505 e. The Labute approximate surface area is 338 Å². The Balaban J connectivity index is 0. The van der Waals surface area contributed by atoms with Crippen molar-refractivity contribution in [2.75, 3.05) is 26.0 Å². The van der Waals surface area contributed by atoms with E-state index in [-0.39, 0.29) is 49.0 Å². The molecule has 5 rings (SSSR count). The molecule has 5 aromatic rings. The quantitative estimate of drug-likeness (QED) is 0.0962.